The van der Waals surface area contributed by atoms with E-state index < -0.39 is 10.0 Å². The van der Waals surface area contributed by atoms with Crippen LogP contribution in [0.15, 0.2) is 23.4 Å². The number of nitrogens with one attached hydrogen (secondary N) is 1. The molecule has 4 saturated carbocycles. The van der Waals surface area contributed by atoms with Crippen molar-refractivity contribution in [3.8, 4) is 0 Å². The molecule has 5 rings (SSSR count). The van der Waals surface area contributed by atoms with Gasteiger partial charge in [0.05, 0.1) is 5.02 Å². The number of aromatic nitrogens is 1. The van der Waals surface area contributed by atoms with Crippen molar-refractivity contribution in [3.05, 3.63) is 23.5 Å². The predicted molar refractivity (Wildman–Crippen MR) is 80.5 cm³/mol. The summed E-state index contributed by atoms with van der Waals surface area (Å²) in [5.41, 5.74) is -0.243. The number of sulfonamides is 1. The molecule has 114 valence electrons. The number of halogens is 1. The van der Waals surface area contributed by atoms with Gasteiger partial charge in [0.1, 0.15) is 4.90 Å². The first-order valence-electron chi connectivity index (χ1n) is 7.59. The summed E-state index contributed by atoms with van der Waals surface area (Å²) in [6.07, 6.45) is 9.65. The molecule has 4 bridgehead atoms. The minimum absolute atomic E-state index is 0.0995. The van der Waals surface area contributed by atoms with Crippen LogP contribution in [0.25, 0.3) is 0 Å². The van der Waals surface area contributed by atoms with Crippen molar-refractivity contribution in [2.45, 2.75) is 49.0 Å². The molecule has 0 amide bonds. The van der Waals surface area contributed by atoms with Crippen molar-refractivity contribution >= 4 is 21.6 Å². The molecular formula is C15H19ClN2O2S. The number of hydrogen-bond donors (Lipinski definition) is 1. The standard InChI is InChI=1S/C15H19ClN2O2S/c16-13-1-2-17-9-14(13)21(19,20)18-15-6-10-3-11(7-15)5-12(4-10)8-15/h1-2,9-12,18H,3-8H2. The molecule has 0 atom stereocenters. The van der Waals surface area contributed by atoms with E-state index in [1.54, 1.807) is 0 Å². The summed E-state index contributed by atoms with van der Waals surface area (Å²) in [5.74, 6) is 2.09. The van der Waals surface area contributed by atoms with Gasteiger partial charge < -0.3 is 0 Å². The van der Waals surface area contributed by atoms with Crippen LogP contribution in [0.2, 0.25) is 5.02 Å². The lowest BCUT2D eigenvalue weighted by Crippen LogP contribution is -2.59. The van der Waals surface area contributed by atoms with Crippen LogP contribution in [0.3, 0.4) is 0 Å². The molecule has 0 unspecified atom stereocenters. The second kappa shape index (κ2) is 4.67. The summed E-state index contributed by atoms with van der Waals surface area (Å²) in [5, 5.41) is 0.238. The predicted octanol–water partition coefficient (Wildman–Crippen LogP) is 2.98. The first kappa shape index (κ1) is 14.0. The Bertz CT molecular complexity index is 639. The molecule has 0 spiro atoms. The van der Waals surface area contributed by atoms with Gasteiger partial charge in [-0.1, -0.05) is 11.6 Å². The van der Waals surface area contributed by atoms with Crippen LogP contribution in [0, 0.1) is 17.8 Å². The van der Waals surface area contributed by atoms with Crippen LogP contribution in [0.5, 0.6) is 0 Å². The van der Waals surface area contributed by atoms with E-state index in [-0.39, 0.29) is 15.5 Å². The van der Waals surface area contributed by atoms with E-state index in [0.29, 0.717) is 17.8 Å². The highest BCUT2D eigenvalue weighted by Gasteiger charge is 2.52. The van der Waals surface area contributed by atoms with Crippen molar-refractivity contribution in [3.63, 3.8) is 0 Å². The summed E-state index contributed by atoms with van der Waals surface area (Å²) >= 11 is 6.04. The van der Waals surface area contributed by atoms with Gasteiger partial charge in [-0.05, 0) is 62.3 Å². The minimum Gasteiger partial charge on any atom is -0.263 e. The Balaban J connectivity index is 1.65. The summed E-state index contributed by atoms with van der Waals surface area (Å²) < 4.78 is 28.4. The maximum absolute atomic E-state index is 12.7. The van der Waals surface area contributed by atoms with E-state index in [2.05, 4.69) is 9.71 Å². The Morgan fingerprint density at radius 3 is 2.24 bits per heavy atom. The highest BCUT2D eigenvalue weighted by molar-refractivity contribution is 7.89. The van der Waals surface area contributed by atoms with Gasteiger partial charge >= 0.3 is 0 Å². The monoisotopic (exact) mass is 326 g/mol. The van der Waals surface area contributed by atoms with Gasteiger partial charge in [-0.15, -0.1) is 0 Å². The zero-order valence-electron chi connectivity index (χ0n) is 11.8. The van der Waals surface area contributed by atoms with Gasteiger partial charge in [-0.25, -0.2) is 13.1 Å². The fraction of sp³-hybridized carbons (Fsp3) is 0.667. The Labute approximate surface area is 130 Å². The third-order valence-electron chi connectivity index (χ3n) is 5.41. The first-order valence-corrected chi connectivity index (χ1v) is 9.45. The fourth-order valence-corrected chi connectivity index (χ4v) is 7.00. The molecule has 4 aliphatic carbocycles. The third kappa shape index (κ3) is 2.39. The smallest absolute Gasteiger partial charge is 0.244 e. The molecule has 4 nitrogen and oxygen atoms in total. The average molecular weight is 327 g/mol. The van der Waals surface area contributed by atoms with E-state index in [1.165, 1.54) is 37.7 Å². The molecule has 0 aliphatic heterocycles. The van der Waals surface area contributed by atoms with Gasteiger partial charge in [0, 0.05) is 17.9 Å². The molecule has 0 radical (unpaired) electrons. The number of hydrogen-bond acceptors (Lipinski definition) is 3. The molecule has 21 heavy (non-hydrogen) atoms. The van der Waals surface area contributed by atoms with Crippen LogP contribution in [-0.2, 0) is 10.0 Å². The highest BCUT2D eigenvalue weighted by atomic mass is 35.5. The quantitative estimate of drug-likeness (QED) is 0.929. The van der Waals surface area contributed by atoms with E-state index >= 15 is 0 Å². The molecule has 1 aromatic rings. The molecule has 0 saturated heterocycles. The second-order valence-corrected chi connectivity index (χ2v) is 9.17. The molecule has 4 aliphatic rings. The fourth-order valence-electron chi connectivity index (χ4n) is 5.14. The molecule has 1 aromatic heterocycles. The molecular weight excluding hydrogens is 308 g/mol. The van der Waals surface area contributed by atoms with E-state index in [1.807, 2.05) is 0 Å². The lowest BCUT2D eigenvalue weighted by Gasteiger charge is -2.56. The zero-order chi connectivity index (χ0) is 14.7. The third-order valence-corrected chi connectivity index (χ3v) is 7.46. The summed E-state index contributed by atoms with van der Waals surface area (Å²) in [4.78, 5) is 4.00. The Kier molecular flexibility index (Phi) is 3.11. The Morgan fingerprint density at radius 2 is 1.71 bits per heavy atom. The minimum atomic E-state index is -3.60. The summed E-state index contributed by atoms with van der Waals surface area (Å²) in [7, 11) is -3.60. The van der Waals surface area contributed by atoms with Crippen LogP contribution in [-0.4, -0.2) is 18.9 Å². The van der Waals surface area contributed by atoms with Gasteiger partial charge in [-0.2, -0.15) is 0 Å². The first-order chi connectivity index (χ1) is 9.96. The van der Waals surface area contributed by atoms with E-state index in [4.69, 9.17) is 11.6 Å². The van der Waals surface area contributed by atoms with Gasteiger partial charge in [0.15, 0.2) is 0 Å². The maximum Gasteiger partial charge on any atom is 0.244 e. The number of rotatable bonds is 3. The lowest BCUT2D eigenvalue weighted by atomic mass is 9.53. The zero-order valence-corrected chi connectivity index (χ0v) is 13.3. The van der Waals surface area contributed by atoms with Gasteiger partial charge in [-0.3, -0.25) is 4.98 Å². The maximum atomic E-state index is 12.7. The van der Waals surface area contributed by atoms with Crippen molar-refractivity contribution in [1.29, 1.82) is 0 Å². The van der Waals surface area contributed by atoms with Gasteiger partial charge in [0.2, 0.25) is 10.0 Å². The SMILES string of the molecule is O=S(=O)(NC12CC3CC(CC(C3)C1)C2)c1cnccc1Cl. The average Bonchev–Trinajstić information content (AvgIpc) is 2.35. The second-order valence-electron chi connectivity index (χ2n) is 7.11. The number of nitrogens with zero attached hydrogens (tertiary/aromatic N) is 1. The Morgan fingerprint density at radius 1 is 1.14 bits per heavy atom. The largest absolute Gasteiger partial charge is 0.263 e. The van der Waals surface area contributed by atoms with Crippen LogP contribution in [0.1, 0.15) is 38.5 Å². The Hall–Kier alpha value is -0.650. The normalized spacial score (nSPS) is 37.9. The van der Waals surface area contributed by atoms with Crippen LogP contribution < -0.4 is 4.72 Å². The molecule has 1 heterocycles. The van der Waals surface area contributed by atoms with Gasteiger partial charge in [0.25, 0.3) is 0 Å². The van der Waals surface area contributed by atoms with Crippen molar-refractivity contribution in [1.82, 2.24) is 9.71 Å². The van der Waals surface area contributed by atoms with Crippen LogP contribution in [0.4, 0.5) is 0 Å². The molecule has 4 fully saturated rings. The number of pyridine rings is 1. The molecule has 0 aromatic carbocycles. The van der Waals surface area contributed by atoms with Crippen molar-refractivity contribution in [2.75, 3.05) is 0 Å². The molecule has 1 N–H and O–H groups in total. The highest BCUT2D eigenvalue weighted by Crippen LogP contribution is 2.56. The van der Waals surface area contributed by atoms with E-state index in [0.717, 1.165) is 19.3 Å². The van der Waals surface area contributed by atoms with Crippen molar-refractivity contribution in [2.24, 2.45) is 17.8 Å². The van der Waals surface area contributed by atoms with Crippen molar-refractivity contribution < 1.29 is 8.42 Å². The summed E-state index contributed by atoms with van der Waals surface area (Å²) in [6.45, 7) is 0. The lowest BCUT2D eigenvalue weighted by molar-refractivity contribution is -0.00810. The molecule has 6 heteroatoms. The van der Waals surface area contributed by atoms with Crippen LogP contribution >= 0.6 is 11.6 Å². The summed E-state index contributed by atoms with van der Waals surface area (Å²) in [6, 6.07) is 1.52. The van der Waals surface area contributed by atoms with E-state index in [9.17, 15) is 8.42 Å². The topological polar surface area (TPSA) is 59.1 Å².